The van der Waals surface area contributed by atoms with E-state index in [-0.39, 0.29) is 17.2 Å². The van der Waals surface area contributed by atoms with Gasteiger partial charge in [-0.1, -0.05) is 35.9 Å². The van der Waals surface area contributed by atoms with Gasteiger partial charge in [-0.25, -0.2) is 8.78 Å². The summed E-state index contributed by atoms with van der Waals surface area (Å²) >= 11 is 6.47. The molecule has 4 nitrogen and oxygen atoms in total. The summed E-state index contributed by atoms with van der Waals surface area (Å²) in [5.74, 6) is -2.49. The van der Waals surface area contributed by atoms with Crippen molar-refractivity contribution < 1.29 is 23.8 Å². The number of carbonyl (C=O) groups excluding carboxylic acids is 1. The molecule has 0 unspecified atom stereocenters. The Bertz CT molecular complexity index is 1260. The molecule has 5 rings (SSSR count). The monoisotopic (exact) mass is 453 g/mol. The summed E-state index contributed by atoms with van der Waals surface area (Å²) in [6.07, 6.45) is 1.27. The molecule has 0 aromatic heterocycles. The largest absolute Gasteiger partial charge is 0.506 e. The van der Waals surface area contributed by atoms with E-state index in [9.17, 15) is 23.8 Å². The fourth-order valence-electron chi connectivity index (χ4n) is 4.28. The number of rotatable bonds is 3. The van der Waals surface area contributed by atoms with Gasteiger partial charge in [0.05, 0.1) is 22.4 Å². The SMILES string of the molecule is O=C1Nc2cc(Cl)c(-c3ccc(C4CC(O)C4)cc3)cc2C1=C(O)c1cc(F)cc(F)c1. The van der Waals surface area contributed by atoms with Crippen LogP contribution >= 0.6 is 11.6 Å². The minimum atomic E-state index is -0.860. The Balaban J connectivity index is 1.57. The second kappa shape index (κ2) is 7.73. The molecule has 1 aliphatic heterocycles. The zero-order valence-corrected chi connectivity index (χ0v) is 17.5. The summed E-state index contributed by atoms with van der Waals surface area (Å²) in [4.78, 5) is 12.6. The van der Waals surface area contributed by atoms with Crippen LogP contribution in [0, 0.1) is 11.6 Å². The molecule has 32 heavy (non-hydrogen) atoms. The maximum atomic E-state index is 13.6. The van der Waals surface area contributed by atoms with Gasteiger partial charge in [0, 0.05) is 22.8 Å². The second-order valence-electron chi connectivity index (χ2n) is 8.16. The molecule has 0 bridgehead atoms. The molecule has 1 aliphatic carbocycles. The highest BCUT2D eigenvalue weighted by Gasteiger charge is 2.31. The molecule has 162 valence electrons. The molecule has 1 heterocycles. The van der Waals surface area contributed by atoms with Gasteiger partial charge in [-0.15, -0.1) is 0 Å². The lowest BCUT2D eigenvalue weighted by molar-refractivity contribution is -0.110. The highest BCUT2D eigenvalue weighted by Crippen LogP contribution is 2.43. The minimum absolute atomic E-state index is 0.0806. The van der Waals surface area contributed by atoms with Gasteiger partial charge < -0.3 is 15.5 Å². The van der Waals surface area contributed by atoms with Gasteiger partial charge in [0.15, 0.2) is 0 Å². The van der Waals surface area contributed by atoms with Crippen molar-refractivity contribution in [2.45, 2.75) is 24.9 Å². The quantitative estimate of drug-likeness (QED) is 0.341. The molecule has 7 heteroatoms. The van der Waals surface area contributed by atoms with Crippen LogP contribution in [0.15, 0.2) is 54.6 Å². The predicted molar refractivity (Wildman–Crippen MR) is 119 cm³/mol. The predicted octanol–water partition coefficient (Wildman–Crippen LogP) is 5.90. The van der Waals surface area contributed by atoms with Crippen LogP contribution in [0.1, 0.15) is 35.4 Å². The lowest BCUT2D eigenvalue weighted by Crippen LogP contribution is -2.26. The van der Waals surface area contributed by atoms with E-state index in [0.717, 1.165) is 36.1 Å². The third-order valence-electron chi connectivity index (χ3n) is 6.03. The molecule has 0 spiro atoms. The van der Waals surface area contributed by atoms with Crippen LogP contribution in [0.4, 0.5) is 14.5 Å². The molecule has 1 fully saturated rings. The van der Waals surface area contributed by atoms with E-state index >= 15 is 0 Å². The normalized spacial score (nSPS) is 21.1. The Morgan fingerprint density at radius 2 is 1.62 bits per heavy atom. The van der Waals surface area contributed by atoms with Gasteiger partial charge >= 0.3 is 0 Å². The standard InChI is InChI=1S/C25H18ClF2NO3/c26-21-11-22-20(10-19(21)13-3-1-12(2-4-13)14-7-18(30)8-14)23(25(32)29-22)24(31)15-5-16(27)9-17(28)6-15/h1-6,9-11,14,18,30-31H,7-8H2,(H,29,32). The van der Waals surface area contributed by atoms with Gasteiger partial charge in [0.1, 0.15) is 17.4 Å². The Hall–Kier alpha value is -3.22. The van der Waals surface area contributed by atoms with E-state index in [0.29, 0.717) is 33.8 Å². The van der Waals surface area contributed by atoms with Crippen LogP contribution in [-0.2, 0) is 4.79 Å². The number of aliphatic hydroxyl groups is 2. The average Bonchev–Trinajstić information content (AvgIpc) is 3.04. The van der Waals surface area contributed by atoms with Crippen molar-refractivity contribution in [2.75, 3.05) is 5.32 Å². The molecule has 3 aromatic rings. The zero-order valence-electron chi connectivity index (χ0n) is 16.7. The van der Waals surface area contributed by atoms with E-state index in [1.54, 1.807) is 12.1 Å². The lowest BCUT2D eigenvalue weighted by atomic mass is 9.77. The molecule has 2 aliphatic rings. The molecular formula is C25H18ClF2NO3. The van der Waals surface area contributed by atoms with Crippen molar-refractivity contribution in [3.8, 4) is 11.1 Å². The van der Waals surface area contributed by atoms with Crippen LogP contribution in [0.5, 0.6) is 0 Å². The first-order chi connectivity index (χ1) is 15.3. The summed E-state index contributed by atoms with van der Waals surface area (Å²) in [5.41, 5.74) is 3.19. The Kier molecular flexibility index (Phi) is 4.99. The number of hydrogen-bond acceptors (Lipinski definition) is 3. The maximum Gasteiger partial charge on any atom is 0.260 e. The fourth-order valence-corrected chi connectivity index (χ4v) is 4.55. The number of halogens is 3. The van der Waals surface area contributed by atoms with E-state index in [1.165, 1.54) is 0 Å². The van der Waals surface area contributed by atoms with Crippen molar-refractivity contribution in [3.63, 3.8) is 0 Å². The number of nitrogens with one attached hydrogen (secondary N) is 1. The van der Waals surface area contributed by atoms with Crippen molar-refractivity contribution >= 4 is 34.5 Å². The molecule has 1 saturated carbocycles. The summed E-state index contributed by atoms with van der Waals surface area (Å²) in [7, 11) is 0. The number of fused-ring (bicyclic) bond motifs is 1. The molecule has 3 N–H and O–H groups in total. The first-order valence-electron chi connectivity index (χ1n) is 10.1. The zero-order chi connectivity index (χ0) is 22.6. The van der Waals surface area contributed by atoms with Crippen molar-refractivity contribution in [1.82, 2.24) is 0 Å². The molecule has 1 amide bonds. The first-order valence-corrected chi connectivity index (χ1v) is 10.5. The molecular weight excluding hydrogens is 436 g/mol. The van der Waals surface area contributed by atoms with E-state index in [2.05, 4.69) is 5.32 Å². The summed E-state index contributed by atoms with van der Waals surface area (Å²) in [6.45, 7) is 0. The van der Waals surface area contributed by atoms with Gasteiger partial charge in [-0.2, -0.15) is 0 Å². The van der Waals surface area contributed by atoms with Crippen LogP contribution < -0.4 is 5.32 Å². The van der Waals surface area contributed by atoms with E-state index in [1.807, 2.05) is 24.3 Å². The lowest BCUT2D eigenvalue weighted by Gasteiger charge is -2.31. The summed E-state index contributed by atoms with van der Waals surface area (Å²) in [5, 5.41) is 23.3. The topological polar surface area (TPSA) is 69.6 Å². The van der Waals surface area contributed by atoms with Crippen molar-refractivity contribution in [2.24, 2.45) is 0 Å². The van der Waals surface area contributed by atoms with Crippen LogP contribution in [0.3, 0.4) is 0 Å². The number of carbonyl (C=O) groups is 1. The van der Waals surface area contributed by atoms with Gasteiger partial charge in [0.2, 0.25) is 0 Å². The van der Waals surface area contributed by atoms with Gasteiger partial charge in [-0.3, -0.25) is 4.79 Å². The number of anilines is 1. The smallest absolute Gasteiger partial charge is 0.260 e. The van der Waals surface area contributed by atoms with E-state index < -0.39 is 23.3 Å². The van der Waals surface area contributed by atoms with Gasteiger partial charge in [-0.05, 0) is 54.2 Å². The summed E-state index contributed by atoms with van der Waals surface area (Å²) < 4.78 is 27.3. The number of amides is 1. The van der Waals surface area contributed by atoms with Crippen molar-refractivity contribution in [1.29, 1.82) is 0 Å². The Labute approximate surface area is 187 Å². The Morgan fingerprint density at radius 1 is 0.969 bits per heavy atom. The van der Waals surface area contributed by atoms with Crippen molar-refractivity contribution in [3.05, 3.63) is 87.9 Å². The summed E-state index contributed by atoms with van der Waals surface area (Å²) in [6, 6.07) is 13.7. The molecule has 3 aromatic carbocycles. The van der Waals surface area contributed by atoms with Gasteiger partial charge in [0.25, 0.3) is 5.91 Å². The third kappa shape index (κ3) is 3.55. The first kappa shape index (κ1) is 20.7. The van der Waals surface area contributed by atoms with Crippen LogP contribution in [-0.4, -0.2) is 22.2 Å². The maximum absolute atomic E-state index is 13.6. The minimum Gasteiger partial charge on any atom is -0.506 e. The number of hydrogen-bond donors (Lipinski definition) is 3. The third-order valence-corrected chi connectivity index (χ3v) is 6.34. The highest BCUT2D eigenvalue weighted by atomic mass is 35.5. The number of benzene rings is 3. The van der Waals surface area contributed by atoms with Crippen LogP contribution in [0.25, 0.3) is 22.5 Å². The molecule has 0 saturated heterocycles. The number of aliphatic hydroxyl groups excluding tert-OH is 2. The highest BCUT2D eigenvalue weighted by molar-refractivity contribution is 6.38. The fraction of sp³-hybridized carbons (Fsp3) is 0.160. The molecule has 0 radical (unpaired) electrons. The van der Waals surface area contributed by atoms with E-state index in [4.69, 9.17) is 11.6 Å². The Morgan fingerprint density at radius 3 is 2.25 bits per heavy atom. The second-order valence-corrected chi connectivity index (χ2v) is 8.56. The average molecular weight is 454 g/mol. The molecule has 0 atom stereocenters. The van der Waals surface area contributed by atoms with Crippen LogP contribution in [0.2, 0.25) is 5.02 Å².